The van der Waals surface area contributed by atoms with Gasteiger partial charge >= 0.3 is 0 Å². The van der Waals surface area contributed by atoms with Gasteiger partial charge in [-0.15, -0.1) is 0 Å². The Morgan fingerprint density at radius 3 is 2.69 bits per heavy atom. The number of amides is 1. The number of ether oxygens (including phenoxy) is 1. The lowest BCUT2D eigenvalue weighted by Crippen LogP contribution is -2.22. The van der Waals surface area contributed by atoms with Crippen LogP contribution in [0.3, 0.4) is 0 Å². The molecule has 1 fully saturated rings. The Kier molecular flexibility index (Phi) is 9.94. The summed E-state index contributed by atoms with van der Waals surface area (Å²) in [5.74, 6) is 1.24. The first kappa shape index (κ1) is 23.7. The Labute approximate surface area is 187 Å². The van der Waals surface area contributed by atoms with Crippen LogP contribution in [0, 0.1) is 6.92 Å². The van der Waals surface area contributed by atoms with Gasteiger partial charge in [-0.1, -0.05) is 23.2 Å². The third kappa shape index (κ3) is 7.63. The van der Waals surface area contributed by atoms with Crippen molar-refractivity contribution in [2.45, 2.75) is 13.3 Å². The first-order chi connectivity index (χ1) is 13.9. The zero-order valence-electron chi connectivity index (χ0n) is 17.0. The molecule has 0 unspecified atom stereocenters. The van der Waals surface area contributed by atoms with Gasteiger partial charge in [0.25, 0.3) is 0 Å². The highest BCUT2D eigenvalue weighted by Crippen LogP contribution is 2.30. The van der Waals surface area contributed by atoms with E-state index in [0.717, 1.165) is 29.4 Å². The van der Waals surface area contributed by atoms with Crippen LogP contribution in [-0.2, 0) is 9.53 Å². The van der Waals surface area contributed by atoms with E-state index in [0.29, 0.717) is 23.7 Å². The topological polar surface area (TPSA) is 44.8 Å². The van der Waals surface area contributed by atoms with Crippen LogP contribution >= 0.6 is 35.1 Å². The monoisotopic (exact) mass is 455 g/mol. The number of hydrogen-bond acceptors (Lipinski definition) is 5. The van der Waals surface area contributed by atoms with Gasteiger partial charge in [-0.2, -0.15) is 0 Å². The van der Waals surface area contributed by atoms with Crippen molar-refractivity contribution in [3.63, 3.8) is 0 Å². The zero-order valence-corrected chi connectivity index (χ0v) is 19.3. The molecule has 8 heteroatoms. The van der Waals surface area contributed by atoms with Gasteiger partial charge in [0.1, 0.15) is 0 Å². The SMILES string of the molecule is COCCN(C)c1cc(Cl)cc(NC=O)c1.Cc1cc(N2CCCS2)ccc1Cl. The Balaban J connectivity index is 0.000000211. The Hall–Kier alpha value is -1.60. The summed E-state index contributed by atoms with van der Waals surface area (Å²) < 4.78 is 7.33. The number of anilines is 3. The van der Waals surface area contributed by atoms with Crippen LogP contribution in [0.15, 0.2) is 36.4 Å². The third-order valence-electron chi connectivity index (χ3n) is 4.36. The Bertz CT molecular complexity index is 801. The van der Waals surface area contributed by atoms with Crippen molar-refractivity contribution in [1.29, 1.82) is 0 Å². The lowest BCUT2D eigenvalue weighted by atomic mass is 10.2. The average Bonchev–Trinajstić information content (AvgIpc) is 3.23. The second kappa shape index (κ2) is 12.2. The van der Waals surface area contributed by atoms with E-state index in [-0.39, 0.29) is 0 Å². The van der Waals surface area contributed by atoms with E-state index in [9.17, 15) is 4.79 Å². The summed E-state index contributed by atoms with van der Waals surface area (Å²) >= 11 is 13.8. The number of halogens is 2. The second-order valence-electron chi connectivity index (χ2n) is 6.60. The molecule has 0 atom stereocenters. The number of rotatable bonds is 7. The molecule has 1 amide bonds. The quantitative estimate of drug-likeness (QED) is 0.441. The summed E-state index contributed by atoms with van der Waals surface area (Å²) in [5, 5.41) is 4.02. The molecule has 1 saturated heterocycles. The van der Waals surface area contributed by atoms with Crippen molar-refractivity contribution < 1.29 is 9.53 Å². The van der Waals surface area contributed by atoms with Gasteiger partial charge in [0.2, 0.25) is 6.41 Å². The van der Waals surface area contributed by atoms with Gasteiger partial charge in [-0.25, -0.2) is 0 Å². The van der Waals surface area contributed by atoms with Crippen LogP contribution < -0.4 is 14.5 Å². The molecule has 1 aliphatic rings. The number of hydrogen-bond donors (Lipinski definition) is 1. The predicted octanol–water partition coefficient (Wildman–Crippen LogP) is 5.50. The van der Waals surface area contributed by atoms with Crippen molar-refractivity contribution in [3.8, 4) is 0 Å². The fraction of sp³-hybridized carbons (Fsp3) is 0.381. The molecule has 158 valence electrons. The van der Waals surface area contributed by atoms with Crippen LogP contribution in [0.1, 0.15) is 12.0 Å². The van der Waals surface area contributed by atoms with E-state index in [2.05, 4.69) is 21.8 Å². The molecule has 0 radical (unpaired) electrons. The summed E-state index contributed by atoms with van der Waals surface area (Å²) in [7, 11) is 3.60. The maximum absolute atomic E-state index is 10.4. The zero-order chi connectivity index (χ0) is 21.2. The van der Waals surface area contributed by atoms with Crippen LogP contribution in [0.5, 0.6) is 0 Å². The average molecular weight is 456 g/mol. The molecule has 0 aliphatic carbocycles. The molecule has 5 nitrogen and oxygen atoms in total. The number of nitrogens with one attached hydrogen (secondary N) is 1. The molecular formula is C21H27Cl2N3O2S. The lowest BCUT2D eigenvalue weighted by Gasteiger charge is -2.19. The van der Waals surface area contributed by atoms with Crippen molar-refractivity contribution in [2.24, 2.45) is 0 Å². The van der Waals surface area contributed by atoms with Crippen molar-refractivity contribution in [2.75, 3.05) is 54.1 Å². The fourth-order valence-corrected chi connectivity index (χ4v) is 4.08. The molecule has 0 aromatic heterocycles. The molecule has 29 heavy (non-hydrogen) atoms. The van der Waals surface area contributed by atoms with Gasteiger partial charge in [-0.05, 0) is 67.3 Å². The smallest absolute Gasteiger partial charge is 0.211 e. The first-order valence-electron chi connectivity index (χ1n) is 9.32. The number of methoxy groups -OCH3 is 1. The molecule has 0 saturated carbocycles. The molecule has 1 heterocycles. The number of carbonyl (C=O) groups is 1. The normalized spacial score (nSPS) is 12.9. The van der Waals surface area contributed by atoms with Crippen LogP contribution in [-0.4, -0.2) is 46.0 Å². The van der Waals surface area contributed by atoms with E-state index in [4.69, 9.17) is 27.9 Å². The minimum absolute atomic E-state index is 0.589. The molecular weight excluding hydrogens is 429 g/mol. The van der Waals surface area contributed by atoms with Crippen LogP contribution in [0.4, 0.5) is 17.1 Å². The number of carbonyl (C=O) groups excluding carboxylic acids is 1. The standard InChI is InChI=1S/C11H15ClN2O2.C10H12ClNS/c1-14(3-4-16-2)11-6-9(12)5-10(7-11)13-8-15;1-8-7-9(3-4-10(8)11)12-5-2-6-13-12/h5-8H,3-4H2,1-2H3,(H,13,15);3-4,7H,2,5-6H2,1H3. The van der Waals surface area contributed by atoms with Gasteiger partial charge in [0.15, 0.2) is 0 Å². The summed E-state index contributed by atoms with van der Waals surface area (Å²) in [6.45, 7) is 4.61. The van der Waals surface area contributed by atoms with Crippen LogP contribution in [0.2, 0.25) is 10.0 Å². The Morgan fingerprint density at radius 1 is 1.28 bits per heavy atom. The van der Waals surface area contributed by atoms with Gasteiger partial charge < -0.3 is 19.3 Å². The fourth-order valence-electron chi connectivity index (χ4n) is 2.74. The predicted molar refractivity (Wildman–Crippen MR) is 127 cm³/mol. The Morgan fingerprint density at radius 2 is 2.07 bits per heavy atom. The highest BCUT2D eigenvalue weighted by Gasteiger charge is 2.13. The van der Waals surface area contributed by atoms with Crippen molar-refractivity contribution in [3.05, 3.63) is 52.0 Å². The summed E-state index contributed by atoms with van der Waals surface area (Å²) in [6.07, 6.45) is 1.91. The molecule has 0 bridgehead atoms. The first-order valence-corrected chi connectivity index (χ1v) is 11.0. The van der Waals surface area contributed by atoms with Crippen LogP contribution in [0.25, 0.3) is 0 Å². The third-order valence-corrected chi connectivity index (χ3v) is 6.18. The molecule has 2 aromatic carbocycles. The summed E-state index contributed by atoms with van der Waals surface area (Å²) in [5.41, 5.74) is 4.06. The minimum atomic E-state index is 0.589. The molecule has 3 rings (SSSR count). The molecule has 1 aliphatic heterocycles. The highest BCUT2D eigenvalue weighted by molar-refractivity contribution is 8.00. The second-order valence-corrected chi connectivity index (χ2v) is 8.55. The minimum Gasteiger partial charge on any atom is -0.383 e. The number of benzene rings is 2. The summed E-state index contributed by atoms with van der Waals surface area (Å²) in [6, 6.07) is 11.6. The largest absolute Gasteiger partial charge is 0.383 e. The van der Waals surface area contributed by atoms with Gasteiger partial charge in [-0.3, -0.25) is 4.79 Å². The maximum Gasteiger partial charge on any atom is 0.211 e. The molecule has 0 spiro atoms. The number of likely N-dealkylation sites (N-methyl/N-ethyl adjacent to an activating group) is 1. The van der Waals surface area contributed by atoms with E-state index in [1.807, 2.05) is 49.0 Å². The van der Waals surface area contributed by atoms with E-state index < -0.39 is 0 Å². The lowest BCUT2D eigenvalue weighted by molar-refractivity contribution is -0.105. The van der Waals surface area contributed by atoms with Crippen molar-refractivity contribution >= 4 is 58.6 Å². The van der Waals surface area contributed by atoms with E-state index in [1.165, 1.54) is 17.9 Å². The molecule has 2 aromatic rings. The van der Waals surface area contributed by atoms with E-state index in [1.54, 1.807) is 13.2 Å². The highest BCUT2D eigenvalue weighted by atomic mass is 35.5. The van der Waals surface area contributed by atoms with Gasteiger partial charge in [0, 0.05) is 60.1 Å². The van der Waals surface area contributed by atoms with Crippen molar-refractivity contribution in [1.82, 2.24) is 0 Å². The summed E-state index contributed by atoms with van der Waals surface area (Å²) in [4.78, 5) is 12.4. The number of aryl methyl sites for hydroxylation is 1. The van der Waals surface area contributed by atoms with Gasteiger partial charge in [0.05, 0.1) is 6.61 Å². The van der Waals surface area contributed by atoms with E-state index >= 15 is 0 Å². The number of nitrogens with zero attached hydrogens (tertiary/aromatic N) is 2. The maximum atomic E-state index is 10.4. The molecule has 1 N–H and O–H groups in total.